The average Bonchev–Trinajstić information content (AvgIpc) is 3.05. The molecule has 2 aromatic rings. The van der Waals surface area contributed by atoms with Gasteiger partial charge in [0.05, 0.1) is 0 Å². The molecular weight excluding hydrogens is 274 g/mol. The normalized spacial score (nSPS) is 17.5. The lowest BCUT2D eigenvalue weighted by atomic mass is 9.99. The fourth-order valence-corrected chi connectivity index (χ4v) is 2.85. The molecule has 0 N–H and O–H groups in total. The third-order valence-electron chi connectivity index (χ3n) is 4.20. The van der Waals surface area contributed by atoms with Crippen LogP contribution in [0.1, 0.15) is 23.5 Å². The van der Waals surface area contributed by atoms with Crippen LogP contribution in [0.4, 0.5) is 0 Å². The van der Waals surface area contributed by atoms with Gasteiger partial charge in [-0.25, -0.2) is 0 Å². The van der Waals surface area contributed by atoms with E-state index in [0.29, 0.717) is 5.92 Å². The zero-order valence-electron chi connectivity index (χ0n) is 12.9. The lowest BCUT2D eigenvalue weighted by molar-refractivity contribution is -0.132. The zero-order valence-corrected chi connectivity index (χ0v) is 12.9. The minimum absolute atomic E-state index is 0.0685. The monoisotopic (exact) mass is 295 g/mol. The summed E-state index contributed by atoms with van der Waals surface area (Å²) in [7, 11) is 0. The summed E-state index contributed by atoms with van der Waals surface area (Å²) in [5.41, 5.74) is 2.50. The summed E-state index contributed by atoms with van der Waals surface area (Å²) < 4.78 is 5.58. The van der Waals surface area contributed by atoms with Crippen LogP contribution in [0.5, 0.6) is 5.75 Å². The van der Waals surface area contributed by atoms with E-state index in [9.17, 15) is 4.79 Å². The van der Waals surface area contributed by atoms with Crippen molar-refractivity contribution in [3.63, 3.8) is 0 Å². The molecule has 1 aliphatic heterocycles. The number of rotatable bonds is 4. The van der Waals surface area contributed by atoms with E-state index in [4.69, 9.17) is 4.74 Å². The molecule has 1 heterocycles. The summed E-state index contributed by atoms with van der Waals surface area (Å²) in [6, 6.07) is 18.2. The Hall–Kier alpha value is -2.29. The van der Waals surface area contributed by atoms with Crippen LogP contribution in [0.2, 0.25) is 0 Å². The number of aryl methyl sites for hydroxylation is 1. The van der Waals surface area contributed by atoms with Gasteiger partial charge in [-0.2, -0.15) is 0 Å². The highest BCUT2D eigenvalue weighted by atomic mass is 16.5. The van der Waals surface area contributed by atoms with E-state index >= 15 is 0 Å². The Bertz CT molecular complexity index is 622. The fourth-order valence-electron chi connectivity index (χ4n) is 2.85. The molecule has 0 spiro atoms. The van der Waals surface area contributed by atoms with Crippen molar-refractivity contribution in [3.05, 3.63) is 65.7 Å². The van der Waals surface area contributed by atoms with Crippen LogP contribution in [0.25, 0.3) is 0 Å². The van der Waals surface area contributed by atoms with Crippen molar-refractivity contribution in [3.8, 4) is 5.75 Å². The maximum Gasteiger partial charge on any atom is 0.260 e. The zero-order chi connectivity index (χ0) is 15.4. The van der Waals surface area contributed by atoms with Gasteiger partial charge in [0.2, 0.25) is 0 Å². The standard InChI is InChI=1S/C19H21NO2/c1-15-7-9-18(10-8-15)22-14-19(21)20-12-11-17(13-20)16-5-3-2-4-6-16/h2-10,17H,11-14H2,1H3. The van der Waals surface area contributed by atoms with Crippen LogP contribution in [-0.2, 0) is 4.79 Å². The second kappa shape index (κ2) is 6.65. The third-order valence-corrected chi connectivity index (χ3v) is 4.20. The summed E-state index contributed by atoms with van der Waals surface area (Å²) in [6.45, 7) is 3.75. The van der Waals surface area contributed by atoms with Crippen LogP contribution in [0, 0.1) is 6.92 Å². The highest BCUT2D eigenvalue weighted by molar-refractivity contribution is 5.78. The number of hydrogen-bond donors (Lipinski definition) is 0. The number of nitrogens with zero attached hydrogens (tertiary/aromatic N) is 1. The second-order valence-corrected chi connectivity index (χ2v) is 5.84. The van der Waals surface area contributed by atoms with Gasteiger partial charge in [-0.1, -0.05) is 48.0 Å². The molecule has 0 bridgehead atoms. The Balaban J connectivity index is 1.52. The van der Waals surface area contributed by atoms with Gasteiger partial charge in [-0.05, 0) is 31.0 Å². The molecule has 22 heavy (non-hydrogen) atoms. The summed E-state index contributed by atoms with van der Waals surface area (Å²) >= 11 is 0. The second-order valence-electron chi connectivity index (χ2n) is 5.84. The van der Waals surface area contributed by atoms with Crippen molar-refractivity contribution < 1.29 is 9.53 Å². The predicted octanol–water partition coefficient (Wildman–Crippen LogP) is 3.39. The van der Waals surface area contributed by atoms with Crippen LogP contribution >= 0.6 is 0 Å². The Morgan fingerprint density at radius 1 is 1.14 bits per heavy atom. The highest BCUT2D eigenvalue weighted by Gasteiger charge is 2.27. The molecule has 1 unspecified atom stereocenters. The molecule has 3 nitrogen and oxygen atoms in total. The predicted molar refractivity (Wildman–Crippen MR) is 87.1 cm³/mol. The van der Waals surface area contributed by atoms with Gasteiger partial charge in [0.15, 0.2) is 6.61 Å². The summed E-state index contributed by atoms with van der Waals surface area (Å²) in [4.78, 5) is 14.2. The molecule has 3 heteroatoms. The van der Waals surface area contributed by atoms with E-state index in [1.54, 1.807) is 0 Å². The van der Waals surface area contributed by atoms with Gasteiger partial charge in [0.1, 0.15) is 5.75 Å². The smallest absolute Gasteiger partial charge is 0.260 e. The molecule has 1 amide bonds. The quantitative estimate of drug-likeness (QED) is 0.865. The number of amides is 1. The first-order valence-corrected chi connectivity index (χ1v) is 7.74. The van der Waals surface area contributed by atoms with Crippen LogP contribution in [-0.4, -0.2) is 30.5 Å². The molecule has 0 radical (unpaired) electrons. The third kappa shape index (κ3) is 3.48. The van der Waals surface area contributed by atoms with E-state index < -0.39 is 0 Å². The maximum absolute atomic E-state index is 12.3. The van der Waals surface area contributed by atoms with Crippen molar-refractivity contribution in [2.24, 2.45) is 0 Å². The Morgan fingerprint density at radius 3 is 2.59 bits per heavy atom. The number of carbonyl (C=O) groups is 1. The summed E-state index contributed by atoms with van der Waals surface area (Å²) in [6.07, 6.45) is 1.03. The summed E-state index contributed by atoms with van der Waals surface area (Å²) in [5.74, 6) is 1.27. The molecule has 0 aromatic heterocycles. The highest BCUT2D eigenvalue weighted by Crippen LogP contribution is 2.27. The van der Waals surface area contributed by atoms with E-state index in [2.05, 4.69) is 24.3 Å². The Kier molecular flexibility index (Phi) is 4.42. The number of hydrogen-bond acceptors (Lipinski definition) is 2. The first-order valence-electron chi connectivity index (χ1n) is 7.74. The lowest BCUT2D eigenvalue weighted by Crippen LogP contribution is -2.32. The van der Waals surface area contributed by atoms with Crippen LogP contribution < -0.4 is 4.74 Å². The number of likely N-dealkylation sites (tertiary alicyclic amines) is 1. The van der Waals surface area contributed by atoms with Gasteiger partial charge in [0, 0.05) is 19.0 Å². The minimum atomic E-state index is 0.0685. The average molecular weight is 295 g/mol. The number of ether oxygens (including phenoxy) is 1. The molecule has 1 saturated heterocycles. The van der Waals surface area contributed by atoms with Crippen LogP contribution in [0.15, 0.2) is 54.6 Å². The molecule has 2 aromatic carbocycles. The van der Waals surface area contributed by atoms with E-state index in [1.807, 2.05) is 42.2 Å². The molecule has 1 atom stereocenters. The Morgan fingerprint density at radius 2 is 1.86 bits per heavy atom. The lowest BCUT2D eigenvalue weighted by Gasteiger charge is -2.17. The van der Waals surface area contributed by atoms with Crippen molar-refractivity contribution >= 4 is 5.91 Å². The van der Waals surface area contributed by atoms with Crippen molar-refractivity contribution in [1.29, 1.82) is 0 Å². The molecular formula is C19H21NO2. The van der Waals surface area contributed by atoms with Gasteiger partial charge in [-0.3, -0.25) is 4.79 Å². The van der Waals surface area contributed by atoms with Crippen molar-refractivity contribution in [1.82, 2.24) is 4.90 Å². The Labute approximate surface area is 131 Å². The number of benzene rings is 2. The van der Waals surface area contributed by atoms with Crippen molar-refractivity contribution in [2.45, 2.75) is 19.3 Å². The SMILES string of the molecule is Cc1ccc(OCC(=O)N2CCC(c3ccccc3)C2)cc1. The van der Waals surface area contributed by atoms with Gasteiger partial charge >= 0.3 is 0 Å². The van der Waals surface area contributed by atoms with E-state index in [-0.39, 0.29) is 12.5 Å². The molecule has 1 fully saturated rings. The largest absolute Gasteiger partial charge is 0.484 e. The first-order chi connectivity index (χ1) is 10.7. The molecule has 3 rings (SSSR count). The first kappa shape index (κ1) is 14.6. The van der Waals surface area contributed by atoms with E-state index in [0.717, 1.165) is 25.3 Å². The maximum atomic E-state index is 12.3. The van der Waals surface area contributed by atoms with Crippen LogP contribution in [0.3, 0.4) is 0 Å². The van der Waals surface area contributed by atoms with E-state index in [1.165, 1.54) is 11.1 Å². The fraction of sp³-hybridized carbons (Fsp3) is 0.316. The van der Waals surface area contributed by atoms with Gasteiger partial charge in [0.25, 0.3) is 5.91 Å². The molecule has 0 saturated carbocycles. The van der Waals surface area contributed by atoms with Gasteiger partial charge < -0.3 is 9.64 Å². The topological polar surface area (TPSA) is 29.5 Å². The molecule has 1 aliphatic rings. The summed E-state index contributed by atoms with van der Waals surface area (Å²) in [5, 5.41) is 0. The van der Waals surface area contributed by atoms with Gasteiger partial charge in [-0.15, -0.1) is 0 Å². The molecule has 0 aliphatic carbocycles. The number of carbonyl (C=O) groups excluding carboxylic acids is 1. The molecule has 114 valence electrons. The minimum Gasteiger partial charge on any atom is -0.484 e. The van der Waals surface area contributed by atoms with Crippen molar-refractivity contribution in [2.75, 3.05) is 19.7 Å².